The number of amides is 1. The first-order valence-corrected chi connectivity index (χ1v) is 14.0. The number of ether oxygens (including phenoxy) is 3. The molecule has 5 rings (SSSR count). The number of aryl methyl sites for hydroxylation is 1. The van der Waals surface area contributed by atoms with Gasteiger partial charge in [0.1, 0.15) is 17.5 Å². The molecule has 0 aliphatic carbocycles. The Morgan fingerprint density at radius 1 is 0.951 bits per heavy atom. The molecule has 0 radical (unpaired) electrons. The van der Waals surface area contributed by atoms with Crippen molar-refractivity contribution in [2.45, 2.75) is 58.3 Å². The normalized spacial score (nSPS) is 16.4. The van der Waals surface area contributed by atoms with E-state index in [0.29, 0.717) is 25.1 Å². The molecule has 6 nitrogen and oxygen atoms in total. The highest BCUT2D eigenvalue weighted by Crippen LogP contribution is 2.41. The predicted octanol–water partition coefficient (Wildman–Crippen LogP) is 7.66. The molecule has 2 atom stereocenters. The minimum absolute atomic E-state index is 0.0213. The second-order valence-electron chi connectivity index (χ2n) is 11.6. The number of para-hydroxylation sites is 1. The van der Waals surface area contributed by atoms with Crippen molar-refractivity contribution in [3.63, 3.8) is 0 Å². The van der Waals surface area contributed by atoms with Crippen molar-refractivity contribution in [1.29, 1.82) is 0 Å². The number of rotatable bonds is 6. The fourth-order valence-corrected chi connectivity index (χ4v) is 5.52. The van der Waals surface area contributed by atoms with E-state index in [-0.39, 0.29) is 24.1 Å². The average Bonchev–Trinajstić information content (AvgIpc) is 2.95. The van der Waals surface area contributed by atoms with E-state index >= 15 is 0 Å². The molecule has 4 aromatic rings. The molecular formula is C35H37NO5. The second kappa shape index (κ2) is 11.7. The number of esters is 1. The fraction of sp³-hybridized carbons (Fsp3) is 0.314. The lowest BCUT2D eigenvalue weighted by molar-refractivity contribution is 0.0129. The van der Waals surface area contributed by atoms with Gasteiger partial charge in [0, 0.05) is 18.0 Å². The summed E-state index contributed by atoms with van der Waals surface area (Å²) in [5.41, 5.74) is 3.89. The number of methoxy groups -OCH3 is 1. The Labute approximate surface area is 241 Å². The number of carbonyl (C=O) groups is 2. The Bertz CT molecular complexity index is 1570. The number of fused-ring (bicyclic) bond motifs is 2. The van der Waals surface area contributed by atoms with Crippen LogP contribution in [0.25, 0.3) is 10.8 Å². The van der Waals surface area contributed by atoms with Gasteiger partial charge in [-0.3, -0.25) is 0 Å². The van der Waals surface area contributed by atoms with Crippen LogP contribution >= 0.6 is 0 Å². The van der Waals surface area contributed by atoms with Gasteiger partial charge in [-0.25, -0.2) is 9.59 Å². The lowest BCUT2D eigenvalue weighted by Gasteiger charge is -2.36. The van der Waals surface area contributed by atoms with E-state index in [9.17, 15) is 9.59 Å². The van der Waals surface area contributed by atoms with E-state index in [0.717, 1.165) is 38.8 Å². The molecular weight excluding hydrogens is 514 g/mol. The van der Waals surface area contributed by atoms with Crippen molar-refractivity contribution >= 4 is 22.8 Å². The van der Waals surface area contributed by atoms with Gasteiger partial charge in [0.25, 0.3) is 0 Å². The van der Waals surface area contributed by atoms with Crippen molar-refractivity contribution in [3.8, 4) is 5.75 Å². The van der Waals surface area contributed by atoms with E-state index in [1.165, 1.54) is 7.11 Å². The van der Waals surface area contributed by atoms with Crippen molar-refractivity contribution < 1.29 is 23.8 Å². The highest BCUT2D eigenvalue weighted by molar-refractivity contribution is 5.91. The van der Waals surface area contributed by atoms with Crippen molar-refractivity contribution in [2.75, 3.05) is 13.7 Å². The van der Waals surface area contributed by atoms with Gasteiger partial charge in [0.05, 0.1) is 19.2 Å². The van der Waals surface area contributed by atoms with Gasteiger partial charge in [-0.05, 0) is 73.7 Å². The number of hydrogen-bond donors (Lipinski definition) is 0. The van der Waals surface area contributed by atoms with Crippen LogP contribution in [0.3, 0.4) is 0 Å². The molecule has 4 aromatic carbocycles. The van der Waals surface area contributed by atoms with Crippen LogP contribution in [-0.2, 0) is 16.0 Å². The molecule has 0 N–H and O–H groups in total. The molecule has 1 aliphatic heterocycles. The maximum atomic E-state index is 13.6. The Balaban J connectivity index is 1.48. The minimum Gasteiger partial charge on any atom is -0.488 e. The van der Waals surface area contributed by atoms with E-state index in [1.807, 2.05) is 76.2 Å². The molecule has 0 saturated heterocycles. The van der Waals surface area contributed by atoms with Gasteiger partial charge in [-0.2, -0.15) is 0 Å². The molecule has 0 saturated carbocycles. The molecule has 0 bridgehead atoms. The zero-order valence-electron chi connectivity index (χ0n) is 24.3. The third-order valence-electron chi connectivity index (χ3n) is 7.47. The molecule has 0 fully saturated rings. The topological polar surface area (TPSA) is 65.1 Å². The van der Waals surface area contributed by atoms with Crippen molar-refractivity contribution in [3.05, 3.63) is 113 Å². The highest BCUT2D eigenvalue weighted by Gasteiger charge is 2.33. The van der Waals surface area contributed by atoms with Crippen LogP contribution in [0.2, 0.25) is 0 Å². The van der Waals surface area contributed by atoms with Gasteiger partial charge in [0.2, 0.25) is 0 Å². The standard InChI is InChI=1S/C35H37NO5/c1-23-17-18-25(19-30(23)33(37)39-5)31-20-27(40-32-16-9-8-15-29(31)32)22-36(34(38)41-35(2,3)4)21-26-13-10-12-24-11-6-7-14-28(24)26/h6-19,27,31H,20-22H2,1-5H3. The molecule has 0 aromatic heterocycles. The number of nitrogens with zero attached hydrogens (tertiary/aromatic N) is 1. The Morgan fingerprint density at radius 3 is 2.46 bits per heavy atom. The highest BCUT2D eigenvalue weighted by atomic mass is 16.6. The molecule has 1 heterocycles. The van der Waals surface area contributed by atoms with E-state index in [4.69, 9.17) is 14.2 Å². The van der Waals surface area contributed by atoms with E-state index < -0.39 is 5.60 Å². The average molecular weight is 552 g/mol. The van der Waals surface area contributed by atoms with Crippen LogP contribution < -0.4 is 4.74 Å². The second-order valence-corrected chi connectivity index (χ2v) is 11.6. The zero-order chi connectivity index (χ0) is 29.1. The number of benzene rings is 4. The van der Waals surface area contributed by atoms with Crippen LogP contribution in [0.4, 0.5) is 4.79 Å². The van der Waals surface area contributed by atoms with Crippen LogP contribution in [0.5, 0.6) is 5.75 Å². The molecule has 0 spiro atoms. The summed E-state index contributed by atoms with van der Waals surface area (Å²) < 4.78 is 17.4. The summed E-state index contributed by atoms with van der Waals surface area (Å²) in [6.45, 7) is 8.27. The number of carbonyl (C=O) groups excluding carboxylic acids is 2. The summed E-state index contributed by atoms with van der Waals surface area (Å²) in [5, 5.41) is 2.23. The summed E-state index contributed by atoms with van der Waals surface area (Å²) in [6.07, 6.45) is -0.0387. The molecule has 6 heteroatoms. The lowest BCUT2D eigenvalue weighted by Crippen LogP contribution is -2.43. The maximum absolute atomic E-state index is 13.6. The quantitative estimate of drug-likeness (QED) is 0.230. The van der Waals surface area contributed by atoms with Crippen LogP contribution in [0, 0.1) is 6.92 Å². The van der Waals surface area contributed by atoms with Crippen LogP contribution in [-0.4, -0.2) is 42.3 Å². The zero-order valence-corrected chi connectivity index (χ0v) is 24.3. The SMILES string of the molecule is COC(=O)c1cc(C2CC(CN(Cc3cccc4ccccc34)C(=O)OC(C)(C)C)Oc3ccccc32)ccc1C. The van der Waals surface area contributed by atoms with Crippen molar-refractivity contribution in [1.82, 2.24) is 4.90 Å². The van der Waals surface area contributed by atoms with Crippen molar-refractivity contribution in [2.24, 2.45) is 0 Å². The minimum atomic E-state index is -0.636. The number of hydrogen-bond acceptors (Lipinski definition) is 5. The van der Waals surface area contributed by atoms with Crippen LogP contribution in [0.1, 0.15) is 65.7 Å². The third kappa shape index (κ3) is 6.37. The smallest absolute Gasteiger partial charge is 0.410 e. The third-order valence-corrected chi connectivity index (χ3v) is 7.47. The predicted molar refractivity (Wildman–Crippen MR) is 160 cm³/mol. The molecule has 41 heavy (non-hydrogen) atoms. The van der Waals surface area contributed by atoms with E-state index in [1.54, 1.807) is 4.90 Å². The molecule has 2 unspecified atom stereocenters. The van der Waals surface area contributed by atoms with Gasteiger partial charge in [0.15, 0.2) is 0 Å². The molecule has 1 amide bonds. The van der Waals surface area contributed by atoms with Gasteiger partial charge < -0.3 is 19.1 Å². The van der Waals surface area contributed by atoms with Gasteiger partial charge >= 0.3 is 12.1 Å². The van der Waals surface area contributed by atoms with Gasteiger partial charge in [-0.1, -0.05) is 72.8 Å². The first-order valence-electron chi connectivity index (χ1n) is 14.0. The largest absolute Gasteiger partial charge is 0.488 e. The summed E-state index contributed by atoms with van der Waals surface area (Å²) in [6, 6.07) is 28.3. The monoisotopic (exact) mass is 551 g/mol. The summed E-state index contributed by atoms with van der Waals surface area (Å²) >= 11 is 0. The Kier molecular flexibility index (Phi) is 8.02. The molecule has 212 valence electrons. The Hall–Kier alpha value is -4.32. The van der Waals surface area contributed by atoms with Crippen LogP contribution in [0.15, 0.2) is 84.9 Å². The van der Waals surface area contributed by atoms with Gasteiger partial charge in [-0.15, -0.1) is 0 Å². The summed E-state index contributed by atoms with van der Waals surface area (Å²) in [4.78, 5) is 27.8. The van der Waals surface area contributed by atoms with E-state index in [2.05, 4.69) is 36.4 Å². The maximum Gasteiger partial charge on any atom is 0.410 e. The first kappa shape index (κ1) is 28.2. The Morgan fingerprint density at radius 2 is 1.68 bits per heavy atom. The molecule has 1 aliphatic rings. The first-order chi connectivity index (χ1) is 19.6. The lowest BCUT2D eigenvalue weighted by atomic mass is 9.83. The summed E-state index contributed by atoms with van der Waals surface area (Å²) in [5.74, 6) is 0.405. The summed E-state index contributed by atoms with van der Waals surface area (Å²) in [7, 11) is 1.40. The fourth-order valence-electron chi connectivity index (χ4n) is 5.52.